The van der Waals surface area contributed by atoms with Crippen LogP contribution in [0.5, 0.6) is 0 Å². The first-order chi connectivity index (χ1) is 15.4. The molecule has 2 aromatic heterocycles. The Morgan fingerprint density at radius 2 is 1.78 bits per heavy atom. The number of anilines is 1. The van der Waals surface area contributed by atoms with Gasteiger partial charge >= 0.3 is 6.18 Å². The predicted octanol–water partition coefficient (Wildman–Crippen LogP) is 3.67. The molecule has 2 fully saturated rings. The minimum Gasteiger partial charge on any atom is -0.364 e. The molecule has 10 heteroatoms. The number of carbonyl (C=O) groups excluding carboxylic acids is 1. The third-order valence-corrected chi connectivity index (χ3v) is 5.97. The molecule has 0 spiro atoms. The molecule has 1 aliphatic carbocycles. The van der Waals surface area contributed by atoms with Crippen LogP contribution in [0.2, 0.25) is 0 Å². The molecular formula is C22H19F3N6O. The van der Waals surface area contributed by atoms with Crippen molar-refractivity contribution in [2.45, 2.75) is 31.1 Å². The molecule has 1 amide bonds. The second-order valence-corrected chi connectivity index (χ2v) is 8.02. The van der Waals surface area contributed by atoms with Gasteiger partial charge in [0.2, 0.25) is 0 Å². The quantitative estimate of drug-likeness (QED) is 0.667. The number of aromatic nitrogens is 4. The fourth-order valence-electron chi connectivity index (χ4n) is 4.59. The Balaban J connectivity index is 1.35. The van der Waals surface area contributed by atoms with Crippen molar-refractivity contribution in [3.05, 3.63) is 66.5 Å². The summed E-state index contributed by atoms with van der Waals surface area (Å²) in [4.78, 5) is 31.2. The number of alkyl halides is 3. The fraction of sp³-hybridized carbons (Fsp3) is 0.318. The number of hydrogen-bond donors (Lipinski definition) is 1. The molecule has 1 saturated carbocycles. The lowest BCUT2D eigenvalue weighted by molar-refractivity contribution is -0.141. The summed E-state index contributed by atoms with van der Waals surface area (Å²) in [5.74, 6) is 0.364. The highest BCUT2D eigenvalue weighted by atomic mass is 19.4. The number of rotatable bonds is 4. The number of likely N-dealkylation sites (tertiary alicyclic amines) is 1. The summed E-state index contributed by atoms with van der Waals surface area (Å²) in [6, 6.07) is 9.17. The van der Waals surface area contributed by atoms with Crippen LogP contribution in [-0.2, 0) is 6.18 Å². The van der Waals surface area contributed by atoms with Gasteiger partial charge in [-0.05, 0) is 18.8 Å². The Hall–Kier alpha value is -3.56. The molecule has 1 saturated heterocycles. The van der Waals surface area contributed by atoms with Crippen LogP contribution in [0.3, 0.4) is 0 Å². The molecule has 5 rings (SSSR count). The molecule has 3 aromatic rings. The minimum atomic E-state index is -4.53. The van der Waals surface area contributed by atoms with Crippen LogP contribution in [0.25, 0.3) is 11.3 Å². The van der Waals surface area contributed by atoms with Crippen LogP contribution >= 0.6 is 0 Å². The van der Waals surface area contributed by atoms with E-state index in [1.54, 1.807) is 11.1 Å². The molecule has 164 valence electrons. The number of piperidine rings is 1. The summed E-state index contributed by atoms with van der Waals surface area (Å²) in [6.07, 6.45) is 1.95. The van der Waals surface area contributed by atoms with E-state index >= 15 is 0 Å². The lowest BCUT2D eigenvalue weighted by Crippen LogP contribution is -2.48. The smallest absolute Gasteiger partial charge is 0.364 e. The van der Waals surface area contributed by atoms with Gasteiger partial charge in [-0.2, -0.15) is 13.2 Å². The number of nitrogens with one attached hydrogen (secondary N) is 1. The molecule has 2 bridgehead atoms. The first-order valence-electron chi connectivity index (χ1n) is 10.2. The molecule has 3 atom stereocenters. The molecule has 2 aliphatic rings. The van der Waals surface area contributed by atoms with Gasteiger partial charge in [0.1, 0.15) is 11.5 Å². The van der Waals surface area contributed by atoms with E-state index in [4.69, 9.17) is 0 Å². The van der Waals surface area contributed by atoms with Crippen LogP contribution in [0.15, 0.2) is 55.1 Å². The largest absolute Gasteiger partial charge is 0.434 e. The maximum atomic E-state index is 13.4. The maximum absolute atomic E-state index is 13.4. The standard InChI is InChI=1S/C22H19F3N6O/c23-22(24,25)17-10-29-18(11-28-17)30-15-8-13-9-16(15)31(12-13)21(32)20-19(26-6-7-27-20)14-4-2-1-3-5-14/h1-7,10-11,13,15-16H,8-9,12H2,(H,29,30)/t13-,15-,16+/m1/s1. The highest BCUT2D eigenvalue weighted by Gasteiger charge is 2.47. The van der Waals surface area contributed by atoms with Crippen molar-refractivity contribution in [1.29, 1.82) is 0 Å². The highest BCUT2D eigenvalue weighted by Crippen LogP contribution is 2.40. The number of nitrogens with zero attached hydrogens (tertiary/aromatic N) is 5. The average Bonchev–Trinajstić information content (AvgIpc) is 3.40. The second kappa shape index (κ2) is 7.85. The molecule has 0 radical (unpaired) electrons. The van der Waals surface area contributed by atoms with E-state index in [1.807, 2.05) is 30.3 Å². The first kappa shape index (κ1) is 20.3. The summed E-state index contributed by atoms with van der Waals surface area (Å²) < 4.78 is 38.2. The molecule has 7 nitrogen and oxygen atoms in total. The third kappa shape index (κ3) is 3.76. The Bertz CT molecular complexity index is 1120. The van der Waals surface area contributed by atoms with Gasteiger partial charge in [0.05, 0.1) is 18.4 Å². The van der Waals surface area contributed by atoms with Gasteiger partial charge in [0, 0.05) is 30.5 Å². The number of amides is 1. The maximum Gasteiger partial charge on any atom is 0.434 e. The summed E-state index contributed by atoms with van der Waals surface area (Å²) in [6.45, 7) is 0.616. The van der Waals surface area contributed by atoms with Crippen molar-refractivity contribution in [3.63, 3.8) is 0 Å². The van der Waals surface area contributed by atoms with Gasteiger partial charge in [-0.15, -0.1) is 0 Å². The van der Waals surface area contributed by atoms with Crippen LogP contribution < -0.4 is 5.32 Å². The number of hydrogen-bond acceptors (Lipinski definition) is 6. The highest BCUT2D eigenvalue weighted by molar-refractivity contribution is 5.98. The second-order valence-electron chi connectivity index (χ2n) is 8.02. The zero-order valence-electron chi connectivity index (χ0n) is 16.8. The lowest BCUT2D eigenvalue weighted by atomic mass is 10.0. The lowest BCUT2D eigenvalue weighted by Gasteiger charge is -2.34. The zero-order valence-corrected chi connectivity index (χ0v) is 16.8. The number of carbonyl (C=O) groups is 1. The van der Waals surface area contributed by atoms with E-state index in [0.717, 1.165) is 24.6 Å². The van der Waals surface area contributed by atoms with E-state index in [2.05, 4.69) is 25.3 Å². The van der Waals surface area contributed by atoms with Crippen molar-refractivity contribution >= 4 is 11.7 Å². The molecule has 1 N–H and O–H groups in total. The molecule has 1 aromatic carbocycles. The molecular weight excluding hydrogens is 421 g/mol. The Morgan fingerprint density at radius 1 is 1.00 bits per heavy atom. The Labute approximate surface area is 181 Å². The molecule has 0 unspecified atom stereocenters. The van der Waals surface area contributed by atoms with Crippen molar-refractivity contribution in [2.24, 2.45) is 5.92 Å². The average molecular weight is 440 g/mol. The summed E-state index contributed by atoms with van der Waals surface area (Å²) in [7, 11) is 0. The summed E-state index contributed by atoms with van der Waals surface area (Å²) in [5, 5.41) is 3.16. The molecule has 1 aliphatic heterocycles. The van der Waals surface area contributed by atoms with E-state index in [0.29, 0.717) is 30.0 Å². The Kier molecular flexibility index (Phi) is 4.99. The topological polar surface area (TPSA) is 83.9 Å². The van der Waals surface area contributed by atoms with Gasteiger partial charge in [-0.25, -0.2) is 15.0 Å². The van der Waals surface area contributed by atoms with Crippen LogP contribution in [0, 0.1) is 5.92 Å². The summed E-state index contributed by atoms with van der Waals surface area (Å²) >= 11 is 0. The monoisotopic (exact) mass is 440 g/mol. The van der Waals surface area contributed by atoms with Gasteiger partial charge in [0.15, 0.2) is 11.4 Å². The zero-order chi connectivity index (χ0) is 22.3. The fourth-order valence-corrected chi connectivity index (χ4v) is 4.59. The van der Waals surface area contributed by atoms with E-state index in [9.17, 15) is 18.0 Å². The SMILES string of the molecule is O=C(c1nccnc1-c1ccccc1)N1C[C@@H]2C[C@@H](Nc3cnc(C(F)(F)F)cn3)[C@@H]1C2. The van der Waals surface area contributed by atoms with Crippen molar-refractivity contribution in [2.75, 3.05) is 11.9 Å². The van der Waals surface area contributed by atoms with Crippen LogP contribution in [0.4, 0.5) is 19.0 Å². The first-order valence-corrected chi connectivity index (χ1v) is 10.2. The van der Waals surface area contributed by atoms with Gasteiger partial charge in [-0.1, -0.05) is 30.3 Å². The molecule has 3 heterocycles. The van der Waals surface area contributed by atoms with Gasteiger partial charge < -0.3 is 10.2 Å². The number of fused-ring (bicyclic) bond motifs is 2. The van der Waals surface area contributed by atoms with E-state index in [-0.39, 0.29) is 23.8 Å². The van der Waals surface area contributed by atoms with Crippen molar-refractivity contribution in [1.82, 2.24) is 24.8 Å². The van der Waals surface area contributed by atoms with Gasteiger partial charge in [0.25, 0.3) is 5.91 Å². The van der Waals surface area contributed by atoms with E-state index < -0.39 is 11.9 Å². The van der Waals surface area contributed by atoms with Gasteiger partial charge in [-0.3, -0.25) is 9.78 Å². The molecule has 32 heavy (non-hydrogen) atoms. The van der Waals surface area contributed by atoms with Crippen LogP contribution in [0.1, 0.15) is 29.0 Å². The Morgan fingerprint density at radius 3 is 2.47 bits per heavy atom. The predicted molar refractivity (Wildman–Crippen MR) is 109 cm³/mol. The third-order valence-electron chi connectivity index (χ3n) is 5.97. The minimum absolute atomic E-state index is 0.109. The van der Waals surface area contributed by atoms with E-state index in [1.165, 1.54) is 6.20 Å². The van der Waals surface area contributed by atoms with Crippen LogP contribution in [-0.4, -0.2) is 49.4 Å². The number of halogens is 3. The normalized spacial score (nSPS) is 22.2. The van der Waals surface area contributed by atoms with Crippen molar-refractivity contribution < 1.29 is 18.0 Å². The number of benzene rings is 1. The summed E-state index contributed by atoms with van der Waals surface area (Å²) in [5.41, 5.74) is 0.588. The van der Waals surface area contributed by atoms with Crippen molar-refractivity contribution in [3.8, 4) is 11.3 Å².